The molecule has 1 amide bonds. The summed E-state index contributed by atoms with van der Waals surface area (Å²) < 4.78 is 1.62. The molecule has 0 atom stereocenters. The maximum atomic E-state index is 11.9. The molecular weight excluding hydrogens is 368 g/mol. The first-order valence-corrected chi connectivity index (χ1v) is 7.20. The highest BCUT2D eigenvalue weighted by atomic mass is 79.9. The summed E-state index contributed by atoms with van der Waals surface area (Å²) in [4.78, 5) is 17.0. The second kappa shape index (κ2) is 5.75. The van der Waals surface area contributed by atoms with E-state index in [1.54, 1.807) is 29.7 Å². The van der Waals surface area contributed by atoms with Gasteiger partial charge in [-0.15, -0.1) is 11.3 Å². The number of rotatable bonds is 3. The van der Waals surface area contributed by atoms with Crippen molar-refractivity contribution in [2.24, 2.45) is 0 Å². The van der Waals surface area contributed by atoms with Crippen LogP contribution in [0.1, 0.15) is 15.2 Å². The number of hydrogen-bond donors (Lipinski definition) is 1. The lowest BCUT2D eigenvalue weighted by atomic mass is 10.2. The predicted molar refractivity (Wildman–Crippen MR) is 75.1 cm³/mol. The van der Waals surface area contributed by atoms with Gasteiger partial charge in [-0.05, 0) is 56.1 Å². The Morgan fingerprint density at radius 3 is 2.82 bits per heavy atom. The highest BCUT2D eigenvalue weighted by molar-refractivity contribution is 9.11. The van der Waals surface area contributed by atoms with E-state index < -0.39 is 0 Å². The molecule has 0 bridgehead atoms. The maximum absolute atomic E-state index is 11.9. The Kier molecular flexibility index (Phi) is 4.31. The van der Waals surface area contributed by atoms with Crippen molar-refractivity contribution in [1.82, 2.24) is 10.3 Å². The molecule has 0 aromatic carbocycles. The van der Waals surface area contributed by atoms with Crippen molar-refractivity contribution in [3.63, 3.8) is 0 Å². The Balaban J connectivity index is 2.01. The fraction of sp³-hybridized carbons (Fsp3) is 0.0909. The molecule has 0 unspecified atom stereocenters. The number of thiophene rings is 1. The maximum Gasteiger partial charge on any atom is 0.254 e. The number of nitrogens with zero attached hydrogens (tertiary/aromatic N) is 1. The number of carbonyl (C=O) groups is 1. The van der Waals surface area contributed by atoms with Gasteiger partial charge in [0.1, 0.15) is 4.60 Å². The van der Waals surface area contributed by atoms with Crippen LogP contribution in [-0.4, -0.2) is 10.9 Å². The standard InChI is InChI=1S/C11H8Br2N2OS/c12-9-4-3-7(17-9)6-15-11(16)8-2-1-5-14-10(8)13/h1-5H,6H2,(H,15,16). The van der Waals surface area contributed by atoms with Crippen molar-refractivity contribution >= 4 is 49.1 Å². The van der Waals surface area contributed by atoms with Gasteiger partial charge in [-0.2, -0.15) is 0 Å². The van der Waals surface area contributed by atoms with Gasteiger partial charge in [-0.3, -0.25) is 4.79 Å². The lowest BCUT2D eigenvalue weighted by Crippen LogP contribution is -2.22. The Hall–Kier alpha value is -0.720. The molecule has 3 nitrogen and oxygen atoms in total. The van der Waals surface area contributed by atoms with E-state index in [9.17, 15) is 4.79 Å². The Morgan fingerprint density at radius 1 is 1.35 bits per heavy atom. The summed E-state index contributed by atoms with van der Waals surface area (Å²) in [6, 6.07) is 7.41. The van der Waals surface area contributed by atoms with E-state index >= 15 is 0 Å². The first-order valence-electron chi connectivity index (χ1n) is 4.80. The number of hydrogen-bond acceptors (Lipinski definition) is 3. The molecule has 2 aromatic rings. The van der Waals surface area contributed by atoms with E-state index in [0.717, 1.165) is 8.66 Å². The number of aromatic nitrogens is 1. The van der Waals surface area contributed by atoms with E-state index in [1.807, 2.05) is 12.1 Å². The van der Waals surface area contributed by atoms with Gasteiger partial charge in [-0.25, -0.2) is 4.98 Å². The fourth-order valence-corrected chi connectivity index (χ4v) is 3.12. The van der Waals surface area contributed by atoms with Crippen molar-refractivity contribution in [3.8, 4) is 0 Å². The topological polar surface area (TPSA) is 42.0 Å². The average molecular weight is 376 g/mol. The largest absolute Gasteiger partial charge is 0.347 e. The molecule has 6 heteroatoms. The number of halogens is 2. The number of amides is 1. The molecule has 0 saturated carbocycles. The van der Waals surface area contributed by atoms with Gasteiger partial charge in [0.2, 0.25) is 0 Å². The third-order valence-electron chi connectivity index (χ3n) is 2.06. The summed E-state index contributed by atoms with van der Waals surface area (Å²) in [5.41, 5.74) is 0.545. The normalized spacial score (nSPS) is 10.2. The Labute approximate surface area is 120 Å². The molecule has 0 spiro atoms. The van der Waals surface area contributed by atoms with Crippen LogP contribution in [0.25, 0.3) is 0 Å². The van der Waals surface area contributed by atoms with Gasteiger partial charge in [0.15, 0.2) is 0 Å². The average Bonchev–Trinajstić information content (AvgIpc) is 2.73. The molecule has 2 rings (SSSR count). The summed E-state index contributed by atoms with van der Waals surface area (Å²) in [6.07, 6.45) is 1.64. The van der Waals surface area contributed by atoms with Crippen molar-refractivity contribution in [1.29, 1.82) is 0 Å². The van der Waals surface area contributed by atoms with E-state index in [1.165, 1.54) is 0 Å². The predicted octanol–water partition coefficient (Wildman–Crippen LogP) is 3.60. The molecule has 0 saturated heterocycles. The zero-order valence-corrected chi connectivity index (χ0v) is 12.6. The van der Waals surface area contributed by atoms with Crippen LogP contribution in [0.15, 0.2) is 38.9 Å². The van der Waals surface area contributed by atoms with E-state index in [-0.39, 0.29) is 5.91 Å². The first kappa shape index (κ1) is 12.7. The van der Waals surface area contributed by atoms with Crippen molar-refractivity contribution in [2.75, 3.05) is 0 Å². The van der Waals surface area contributed by atoms with Crippen molar-refractivity contribution in [3.05, 3.63) is 49.3 Å². The number of nitrogens with one attached hydrogen (secondary N) is 1. The molecule has 2 aromatic heterocycles. The van der Waals surface area contributed by atoms with Crippen LogP contribution >= 0.6 is 43.2 Å². The molecule has 1 N–H and O–H groups in total. The van der Waals surface area contributed by atoms with Gasteiger partial charge < -0.3 is 5.32 Å². The van der Waals surface area contributed by atoms with Crippen LogP contribution in [0, 0.1) is 0 Å². The fourth-order valence-electron chi connectivity index (χ4n) is 1.26. The smallest absolute Gasteiger partial charge is 0.254 e. The minimum atomic E-state index is -0.130. The van der Waals surface area contributed by atoms with E-state index in [2.05, 4.69) is 42.2 Å². The monoisotopic (exact) mass is 374 g/mol. The molecule has 2 heterocycles. The summed E-state index contributed by atoms with van der Waals surface area (Å²) in [7, 11) is 0. The Bertz CT molecular complexity index is 542. The van der Waals surface area contributed by atoms with Crippen LogP contribution in [0.3, 0.4) is 0 Å². The summed E-state index contributed by atoms with van der Waals surface area (Å²) in [5.74, 6) is -0.130. The Morgan fingerprint density at radius 2 is 2.18 bits per heavy atom. The molecule has 0 fully saturated rings. The second-order valence-electron chi connectivity index (χ2n) is 3.23. The third-order valence-corrected chi connectivity index (χ3v) is 4.31. The zero-order chi connectivity index (χ0) is 12.3. The van der Waals surface area contributed by atoms with Crippen molar-refractivity contribution < 1.29 is 4.79 Å². The third kappa shape index (κ3) is 3.37. The van der Waals surface area contributed by atoms with Gasteiger partial charge >= 0.3 is 0 Å². The van der Waals surface area contributed by atoms with Crippen LogP contribution in [0.2, 0.25) is 0 Å². The van der Waals surface area contributed by atoms with Gasteiger partial charge in [0.25, 0.3) is 5.91 Å². The van der Waals surface area contributed by atoms with Gasteiger partial charge in [0, 0.05) is 11.1 Å². The SMILES string of the molecule is O=C(NCc1ccc(Br)s1)c1cccnc1Br. The van der Waals surface area contributed by atoms with Crippen LogP contribution in [-0.2, 0) is 6.54 Å². The second-order valence-corrected chi connectivity index (χ2v) is 6.53. The molecule has 0 radical (unpaired) electrons. The lowest BCUT2D eigenvalue weighted by molar-refractivity contribution is 0.0950. The number of carbonyl (C=O) groups excluding carboxylic acids is 1. The minimum absolute atomic E-state index is 0.130. The highest BCUT2D eigenvalue weighted by Crippen LogP contribution is 2.22. The van der Waals surface area contributed by atoms with E-state index in [0.29, 0.717) is 16.7 Å². The van der Waals surface area contributed by atoms with Gasteiger partial charge in [-0.1, -0.05) is 0 Å². The molecule has 17 heavy (non-hydrogen) atoms. The molecule has 0 aliphatic carbocycles. The quantitative estimate of drug-likeness (QED) is 0.832. The molecule has 0 aliphatic heterocycles. The van der Waals surface area contributed by atoms with Crippen LogP contribution in [0.5, 0.6) is 0 Å². The van der Waals surface area contributed by atoms with Crippen molar-refractivity contribution in [2.45, 2.75) is 6.54 Å². The molecular formula is C11H8Br2N2OS. The molecule has 0 aliphatic rings. The summed E-state index contributed by atoms with van der Waals surface area (Å²) in [6.45, 7) is 0.524. The highest BCUT2D eigenvalue weighted by Gasteiger charge is 2.10. The first-order chi connectivity index (χ1) is 8.16. The van der Waals surface area contributed by atoms with E-state index in [4.69, 9.17) is 0 Å². The number of pyridine rings is 1. The van der Waals surface area contributed by atoms with Gasteiger partial charge in [0.05, 0.1) is 15.9 Å². The zero-order valence-electron chi connectivity index (χ0n) is 8.61. The minimum Gasteiger partial charge on any atom is -0.347 e. The summed E-state index contributed by atoms with van der Waals surface area (Å²) in [5, 5.41) is 2.85. The van der Waals surface area contributed by atoms with Crippen LogP contribution < -0.4 is 5.32 Å². The summed E-state index contributed by atoms with van der Waals surface area (Å²) >= 11 is 8.24. The lowest BCUT2D eigenvalue weighted by Gasteiger charge is -2.04. The molecule has 88 valence electrons. The van der Waals surface area contributed by atoms with Crippen LogP contribution in [0.4, 0.5) is 0 Å².